The van der Waals surface area contributed by atoms with E-state index in [1.54, 1.807) is 0 Å². The highest BCUT2D eigenvalue weighted by molar-refractivity contribution is 5.85. The molecule has 0 aliphatic rings. The van der Waals surface area contributed by atoms with Gasteiger partial charge in [0.2, 0.25) is 0 Å². The zero-order valence-electron chi connectivity index (χ0n) is 14.5. The summed E-state index contributed by atoms with van der Waals surface area (Å²) >= 11 is 0. The maximum atomic E-state index is 4.44. The van der Waals surface area contributed by atoms with Crippen molar-refractivity contribution in [1.29, 1.82) is 0 Å². The third-order valence-electron chi connectivity index (χ3n) is 4.03. The maximum Gasteiger partial charge on any atom is 0.111 e. The van der Waals surface area contributed by atoms with E-state index in [0.29, 0.717) is 5.92 Å². The lowest BCUT2D eigenvalue weighted by molar-refractivity contribution is 0.540. The third kappa shape index (κ3) is 3.87. The van der Waals surface area contributed by atoms with Crippen molar-refractivity contribution in [3.63, 3.8) is 0 Å². The van der Waals surface area contributed by atoms with Gasteiger partial charge >= 0.3 is 0 Å². The second-order valence-electron chi connectivity index (χ2n) is 6.04. The van der Waals surface area contributed by atoms with Crippen molar-refractivity contribution < 1.29 is 0 Å². The van der Waals surface area contributed by atoms with Gasteiger partial charge in [-0.1, -0.05) is 13.8 Å². The smallest absolute Gasteiger partial charge is 0.111 e. The summed E-state index contributed by atoms with van der Waals surface area (Å²) in [6.07, 6.45) is 12.8. The summed E-state index contributed by atoms with van der Waals surface area (Å²) in [4.78, 5) is 8.74. The molecule has 0 N–H and O–H groups in total. The van der Waals surface area contributed by atoms with Gasteiger partial charge in [0.15, 0.2) is 0 Å². The first-order chi connectivity index (χ1) is 11.2. The van der Waals surface area contributed by atoms with Gasteiger partial charge in [-0.05, 0) is 13.3 Å². The van der Waals surface area contributed by atoms with E-state index in [4.69, 9.17) is 0 Å². The molecule has 3 aromatic heterocycles. The summed E-state index contributed by atoms with van der Waals surface area (Å²) in [5, 5.41) is 4.35. The quantitative estimate of drug-likeness (QED) is 0.655. The van der Waals surface area contributed by atoms with E-state index in [-0.39, 0.29) is 12.4 Å². The van der Waals surface area contributed by atoms with Gasteiger partial charge in [-0.3, -0.25) is 4.68 Å². The van der Waals surface area contributed by atoms with Crippen LogP contribution in [0.5, 0.6) is 0 Å². The Kier molecular flexibility index (Phi) is 6.20. The SMILES string of the molecule is CCn1cc(-c2cncn2CCCn2ccnc2C(C)C)cn1.Cl. The lowest BCUT2D eigenvalue weighted by atomic mass is 10.2. The number of imidazole rings is 2. The van der Waals surface area contributed by atoms with E-state index in [1.807, 2.05) is 29.6 Å². The van der Waals surface area contributed by atoms with Crippen LogP contribution < -0.4 is 0 Å². The first-order valence-corrected chi connectivity index (χ1v) is 8.23. The average Bonchev–Trinajstić information content (AvgIpc) is 3.27. The lowest BCUT2D eigenvalue weighted by Gasteiger charge is -2.11. The highest BCUT2D eigenvalue weighted by atomic mass is 35.5. The minimum Gasteiger partial charge on any atom is -0.335 e. The zero-order valence-corrected chi connectivity index (χ0v) is 15.3. The molecule has 3 rings (SSSR count). The first-order valence-electron chi connectivity index (χ1n) is 8.23. The number of hydrogen-bond acceptors (Lipinski definition) is 3. The fraction of sp³-hybridized carbons (Fsp3) is 0.471. The Hall–Kier alpha value is -2.08. The Morgan fingerprint density at radius 2 is 1.92 bits per heavy atom. The summed E-state index contributed by atoms with van der Waals surface area (Å²) < 4.78 is 6.38. The van der Waals surface area contributed by atoms with Gasteiger partial charge in [0, 0.05) is 49.7 Å². The fourth-order valence-corrected chi connectivity index (χ4v) is 2.83. The van der Waals surface area contributed by atoms with Gasteiger partial charge in [0.1, 0.15) is 5.82 Å². The van der Waals surface area contributed by atoms with Crippen molar-refractivity contribution in [2.45, 2.75) is 52.7 Å². The molecule has 0 atom stereocenters. The van der Waals surface area contributed by atoms with Gasteiger partial charge in [-0.2, -0.15) is 5.10 Å². The standard InChI is InChI=1S/C17H24N6.ClH/c1-4-23-12-15(10-20-23)16-11-18-13-22(16)8-5-7-21-9-6-19-17(21)14(2)3;/h6,9-14H,4-5,7-8H2,1-3H3;1H. The molecule has 0 unspecified atom stereocenters. The third-order valence-corrected chi connectivity index (χ3v) is 4.03. The molecular formula is C17H25ClN6. The molecule has 7 heteroatoms. The van der Waals surface area contributed by atoms with Crippen molar-refractivity contribution in [2.24, 2.45) is 0 Å². The summed E-state index contributed by atoms with van der Waals surface area (Å²) in [7, 11) is 0. The molecular weight excluding hydrogens is 324 g/mol. The Bertz CT molecular complexity index is 755. The lowest BCUT2D eigenvalue weighted by Crippen LogP contribution is -2.08. The molecule has 0 amide bonds. The van der Waals surface area contributed by atoms with Crippen LogP contribution in [-0.2, 0) is 19.6 Å². The Labute approximate surface area is 149 Å². The van der Waals surface area contributed by atoms with Crippen LogP contribution in [0.4, 0.5) is 0 Å². The van der Waals surface area contributed by atoms with Crippen molar-refractivity contribution >= 4 is 12.4 Å². The van der Waals surface area contributed by atoms with Crippen LogP contribution in [0.2, 0.25) is 0 Å². The molecule has 130 valence electrons. The van der Waals surface area contributed by atoms with Gasteiger partial charge in [0.25, 0.3) is 0 Å². The first kappa shape index (κ1) is 18.3. The number of nitrogens with zero attached hydrogens (tertiary/aromatic N) is 6. The maximum absolute atomic E-state index is 4.44. The van der Waals surface area contributed by atoms with Gasteiger partial charge in [-0.15, -0.1) is 12.4 Å². The molecule has 6 nitrogen and oxygen atoms in total. The van der Waals surface area contributed by atoms with Gasteiger partial charge < -0.3 is 9.13 Å². The van der Waals surface area contributed by atoms with E-state index < -0.39 is 0 Å². The molecule has 0 radical (unpaired) electrons. The van der Waals surface area contributed by atoms with Gasteiger partial charge in [-0.25, -0.2) is 9.97 Å². The van der Waals surface area contributed by atoms with E-state index in [9.17, 15) is 0 Å². The van der Waals surface area contributed by atoms with E-state index in [1.165, 1.54) is 0 Å². The van der Waals surface area contributed by atoms with E-state index >= 15 is 0 Å². The number of halogens is 1. The zero-order chi connectivity index (χ0) is 16.2. The fourth-order valence-electron chi connectivity index (χ4n) is 2.83. The van der Waals surface area contributed by atoms with Gasteiger partial charge in [0.05, 0.1) is 24.4 Å². The number of rotatable bonds is 7. The predicted octanol–water partition coefficient (Wildman–Crippen LogP) is 3.60. The molecule has 0 fully saturated rings. The largest absolute Gasteiger partial charge is 0.335 e. The van der Waals surface area contributed by atoms with Crippen LogP contribution in [0, 0.1) is 0 Å². The molecule has 0 spiro atoms. The normalized spacial score (nSPS) is 11.0. The summed E-state index contributed by atoms with van der Waals surface area (Å²) in [5.41, 5.74) is 2.24. The average molecular weight is 349 g/mol. The molecule has 24 heavy (non-hydrogen) atoms. The Morgan fingerprint density at radius 1 is 1.12 bits per heavy atom. The molecule has 0 saturated carbocycles. The van der Waals surface area contributed by atoms with Crippen molar-refractivity contribution in [2.75, 3.05) is 0 Å². The molecule has 3 heterocycles. The molecule has 0 saturated heterocycles. The molecule has 0 aromatic carbocycles. The highest BCUT2D eigenvalue weighted by Gasteiger charge is 2.09. The summed E-state index contributed by atoms with van der Waals surface area (Å²) in [6, 6.07) is 0. The van der Waals surface area contributed by atoms with E-state index in [2.05, 4.69) is 57.4 Å². The Balaban J connectivity index is 0.00000208. The topological polar surface area (TPSA) is 53.5 Å². The van der Waals surface area contributed by atoms with Crippen molar-refractivity contribution in [3.05, 3.63) is 43.1 Å². The van der Waals surface area contributed by atoms with Crippen molar-refractivity contribution in [3.8, 4) is 11.3 Å². The highest BCUT2D eigenvalue weighted by Crippen LogP contribution is 2.19. The second kappa shape index (κ2) is 8.15. The minimum atomic E-state index is 0. The van der Waals surface area contributed by atoms with Crippen LogP contribution in [0.1, 0.15) is 38.9 Å². The van der Waals surface area contributed by atoms with Crippen LogP contribution in [0.25, 0.3) is 11.3 Å². The second-order valence-corrected chi connectivity index (χ2v) is 6.04. The Morgan fingerprint density at radius 3 is 2.62 bits per heavy atom. The molecule has 3 aromatic rings. The van der Waals surface area contributed by atoms with Crippen LogP contribution in [-0.4, -0.2) is 28.9 Å². The van der Waals surface area contributed by atoms with Crippen LogP contribution >= 0.6 is 12.4 Å². The van der Waals surface area contributed by atoms with Crippen LogP contribution in [0.3, 0.4) is 0 Å². The van der Waals surface area contributed by atoms with E-state index in [0.717, 1.165) is 43.1 Å². The summed E-state index contributed by atoms with van der Waals surface area (Å²) in [6.45, 7) is 9.23. The molecule has 0 aliphatic heterocycles. The van der Waals surface area contributed by atoms with Crippen LogP contribution in [0.15, 0.2) is 37.3 Å². The summed E-state index contributed by atoms with van der Waals surface area (Å²) in [5.74, 6) is 1.61. The van der Waals surface area contributed by atoms with Crippen molar-refractivity contribution in [1.82, 2.24) is 28.9 Å². The minimum absolute atomic E-state index is 0. The monoisotopic (exact) mass is 348 g/mol. The number of hydrogen-bond donors (Lipinski definition) is 0. The molecule has 0 bridgehead atoms. The number of aromatic nitrogens is 6. The number of aryl methyl sites for hydroxylation is 3. The predicted molar refractivity (Wildman–Crippen MR) is 97.3 cm³/mol. The molecule has 0 aliphatic carbocycles.